The molecule has 0 saturated heterocycles. The molecule has 1 N–H and O–H groups in total. The van der Waals surface area contributed by atoms with Crippen LogP contribution in [0, 0.1) is 5.92 Å². The van der Waals surface area contributed by atoms with Gasteiger partial charge in [-0.1, -0.05) is 48.0 Å². The maximum absolute atomic E-state index is 12.9. The summed E-state index contributed by atoms with van der Waals surface area (Å²) in [4.78, 5) is 18.6. The van der Waals surface area contributed by atoms with Crippen molar-refractivity contribution in [1.29, 1.82) is 0 Å². The summed E-state index contributed by atoms with van der Waals surface area (Å²) in [7, 11) is 0. The molecule has 1 saturated carbocycles. The molecule has 5 rings (SSSR count). The van der Waals surface area contributed by atoms with Crippen molar-refractivity contribution in [2.75, 3.05) is 6.54 Å². The molecule has 0 bridgehead atoms. The Kier molecular flexibility index (Phi) is 3.61. The molecule has 132 valence electrons. The number of aromatic amines is 1. The summed E-state index contributed by atoms with van der Waals surface area (Å²) in [5.74, 6) is 0.600. The van der Waals surface area contributed by atoms with Gasteiger partial charge in [-0.05, 0) is 43.0 Å². The molecule has 1 aromatic heterocycles. The summed E-state index contributed by atoms with van der Waals surface area (Å²) in [5, 5.41) is 2.00. The molecule has 3 nitrogen and oxygen atoms in total. The van der Waals surface area contributed by atoms with Crippen LogP contribution in [0.4, 0.5) is 0 Å². The standard InChI is InChI=1S/C22H21ClN2O/c1-13-21-20(16-7-3-5-9-19(16)24-21)17(15-6-2-4-8-18(15)23)12-25(13)22(26)14-10-11-14/h2-9,13-14,17,24H,10-12H2,1H3. The zero-order chi connectivity index (χ0) is 17.8. The lowest BCUT2D eigenvalue weighted by molar-refractivity contribution is -0.135. The van der Waals surface area contributed by atoms with Gasteiger partial charge in [0.15, 0.2) is 0 Å². The van der Waals surface area contributed by atoms with E-state index in [0.29, 0.717) is 12.5 Å². The monoisotopic (exact) mass is 364 g/mol. The van der Waals surface area contributed by atoms with Gasteiger partial charge in [0.05, 0.1) is 6.04 Å². The predicted octanol–water partition coefficient (Wildman–Crippen LogP) is 5.27. The van der Waals surface area contributed by atoms with Gasteiger partial charge in [0.2, 0.25) is 5.91 Å². The van der Waals surface area contributed by atoms with Crippen molar-refractivity contribution in [3.05, 3.63) is 70.4 Å². The Morgan fingerprint density at radius 3 is 2.62 bits per heavy atom. The molecule has 3 aromatic rings. The fraction of sp³-hybridized carbons (Fsp3) is 0.318. The number of hydrogen-bond donors (Lipinski definition) is 1. The van der Waals surface area contributed by atoms with E-state index in [1.165, 1.54) is 10.9 Å². The minimum absolute atomic E-state index is 0.0595. The average molecular weight is 365 g/mol. The molecule has 0 radical (unpaired) electrons. The maximum atomic E-state index is 12.9. The van der Waals surface area contributed by atoms with Crippen molar-refractivity contribution in [1.82, 2.24) is 9.88 Å². The van der Waals surface area contributed by atoms with Gasteiger partial charge >= 0.3 is 0 Å². The second kappa shape index (κ2) is 5.88. The van der Waals surface area contributed by atoms with E-state index in [2.05, 4.69) is 41.1 Å². The molecule has 26 heavy (non-hydrogen) atoms. The summed E-state index contributed by atoms with van der Waals surface area (Å²) in [5.41, 5.74) is 4.67. The molecule has 2 unspecified atom stereocenters. The number of rotatable bonds is 2. The Morgan fingerprint density at radius 2 is 1.85 bits per heavy atom. The molecule has 1 aliphatic carbocycles. The van der Waals surface area contributed by atoms with Crippen molar-refractivity contribution in [2.24, 2.45) is 5.92 Å². The minimum Gasteiger partial charge on any atom is -0.356 e. The lowest BCUT2D eigenvalue weighted by Gasteiger charge is -2.39. The van der Waals surface area contributed by atoms with E-state index in [4.69, 9.17) is 11.6 Å². The zero-order valence-electron chi connectivity index (χ0n) is 14.7. The quantitative estimate of drug-likeness (QED) is 0.661. The smallest absolute Gasteiger partial charge is 0.226 e. The number of H-pyrrole nitrogens is 1. The third kappa shape index (κ3) is 2.38. The fourth-order valence-electron chi connectivity index (χ4n) is 4.35. The van der Waals surface area contributed by atoms with Crippen LogP contribution >= 0.6 is 11.6 Å². The summed E-state index contributed by atoms with van der Waals surface area (Å²) in [6.07, 6.45) is 2.05. The maximum Gasteiger partial charge on any atom is 0.226 e. The number of nitrogens with one attached hydrogen (secondary N) is 1. The zero-order valence-corrected chi connectivity index (χ0v) is 15.5. The SMILES string of the molecule is CC1c2[nH]c3ccccc3c2C(c2ccccc2Cl)CN1C(=O)C1CC1. The van der Waals surface area contributed by atoms with Crippen LogP contribution in [0.2, 0.25) is 5.02 Å². The summed E-state index contributed by atoms with van der Waals surface area (Å²) in [6, 6.07) is 16.5. The van der Waals surface area contributed by atoms with Crippen molar-refractivity contribution < 1.29 is 4.79 Å². The largest absolute Gasteiger partial charge is 0.356 e. The van der Waals surface area contributed by atoms with E-state index in [1.54, 1.807) is 0 Å². The molecule has 2 heterocycles. The van der Waals surface area contributed by atoms with Gasteiger partial charge in [-0.3, -0.25) is 4.79 Å². The molecule has 4 heteroatoms. The van der Waals surface area contributed by atoms with Crippen molar-refractivity contribution in [3.63, 3.8) is 0 Å². The highest BCUT2D eigenvalue weighted by Crippen LogP contribution is 2.46. The number of hydrogen-bond acceptors (Lipinski definition) is 1. The molecule has 2 aromatic carbocycles. The molecular weight excluding hydrogens is 344 g/mol. The van der Waals surface area contributed by atoms with Crippen molar-refractivity contribution in [3.8, 4) is 0 Å². The van der Waals surface area contributed by atoms with Crippen LogP contribution in [0.15, 0.2) is 48.5 Å². The van der Waals surface area contributed by atoms with Crippen LogP contribution in [0.5, 0.6) is 0 Å². The first-order valence-electron chi connectivity index (χ1n) is 9.30. The van der Waals surface area contributed by atoms with E-state index in [0.717, 1.165) is 34.6 Å². The van der Waals surface area contributed by atoms with E-state index in [-0.39, 0.29) is 17.9 Å². The average Bonchev–Trinajstić information content (AvgIpc) is 3.43. The van der Waals surface area contributed by atoms with Gasteiger partial charge in [0.1, 0.15) is 0 Å². The van der Waals surface area contributed by atoms with E-state index >= 15 is 0 Å². The normalized spacial score (nSPS) is 22.5. The number of halogens is 1. The van der Waals surface area contributed by atoms with Crippen LogP contribution < -0.4 is 0 Å². The molecule has 2 aliphatic rings. The van der Waals surface area contributed by atoms with Crippen LogP contribution in [0.25, 0.3) is 10.9 Å². The first kappa shape index (κ1) is 16.0. The number of para-hydroxylation sites is 1. The van der Waals surface area contributed by atoms with Crippen molar-refractivity contribution >= 4 is 28.4 Å². The Bertz CT molecular complexity index is 1000. The second-order valence-corrected chi connectivity index (χ2v) is 7.92. The Morgan fingerprint density at radius 1 is 1.12 bits per heavy atom. The van der Waals surface area contributed by atoms with Gasteiger partial charge in [-0.25, -0.2) is 0 Å². The number of fused-ring (bicyclic) bond motifs is 3. The highest BCUT2D eigenvalue weighted by molar-refractivity contribution is 6.31. The Balaban J connectivity index is 1.71. The number of benzene rings is 2. The van der Waals surface area contributed by atoms with Crippen LogP contribution in [-0.4, -0.2) is 22.3 Å². The van der Waals surface area contributed by atoms with E-state index in [1.807, 2.05) is 24.3 Å². The first-order chi connectivity index (χ1) is 12.6. The third-order valence-electron chi connectivity index (χ3n) is 5.88. The van der Waals surface area contributed by atoms with Gasteiger partial charge in [-0.2, -0.15) is 0 Å². The summed E-state index contributed by atoms with van der Waals surface area (Å²) < 4.78 is 0. The number of amides is 1. The summed E-state index contributed by atoms with van der Waals surface area (Å²) in [6.45, 7) is 2.83. The summed E-state index contributed by atoms with van der Waals surface area (Å²) >= 11 is 6.57. The fourth-order valence-corrected chi connectivity index (χ4v) is 4.62. The van der Waals surface area contributed by atoms with Crippen LogP contribution in [0.3, 0.4) is 0 Å². The van der Waals surface area contributed by atoms with E-state index < -0.39 is 0 Å². The highest BCUT2D eigenvalue weighted by Gasteiger charge is 2.42. The number of nitrogens with zero attached hydrogens (tertiary/aromatic N) is 1. The molecule has 1 aliphatic heterocycles. The van der Waals surface area contributed by atoms with Crippen molar-refractivity contribution in [2.45, 2.75) is 31.7 Å². The number of aromatic nitrogens is 1. The lowest BCUT2D eigenvalue weighted by atomic mass is 9.83. The molecule has 1 fully saturated rings. The van der Waals surface area contributed by atoms with Gasteiger partial charge in [-0.15, -0.1) is 0 Å². The molecule has 1 amide bonds. The predicted molar refractivity (Wildman–Crippen MR) is 104 cm³/mol. The first-order valence-corrected chi connectivity index (χ1v) is 9.68. The van der Waals surface area contributed by atoms with Crippen LogP contribution in [0.1, 0.15) is 48.5 Å². The Labute approximate surface area is 158 Å². The van der Waals surface area contributed by atoms with Gasteiger partial charge in [0, 0.05) is 40.0 Å². The number of carbonyl (C=O) groups excluding carboxylic acids is 1. The highest BCUT2D eigenvalue weighted by atomic mass is 35.5. The van der Waals surface area contributed by atoms with Gasteiger partial charge < -0.3 is 9.88 Å². The molecule has 0 spiro atoms. The second-order valence-electron chi connectivity index (χ2n) is 7.51. The van der Waals surface area contributed by atoms with Crippen LogP contribution in [-0.2, 0) is 4.79 Å². The third-order valence-corrected chi connectivity index (χ3v) is 6.22. The van der Waals surface area contributed by atoms with E-state index in [9.17, 15) is 4.79 Å². The number of carbonyl (C=O) groups is 1. The topological polar surface area (TPSA) is 36.1 Å². The molecule has 2 atom stereocenters. The minimum atomic E-state index is 0.0595. The Hall–Kier alpha value is -2.26. The molecular formula is C22H21ClN2O. The lowest BCUT2D eigenvalue weighted by Crippen LogP contribution is -2.42. The van der Waals surface area contributed by atoms with Gasteiger partial charge in [0.25, 0.3) is 0 Å².